The number of benzene rings is 4. The van der Waals surface area contributed by atoms with Crippen LogP contribution in [0.3, 0.4) is 0 Å². The van der Waals surface area contributed by atoms with E-state index in [1.165, 1.54) is 24.3 Å². The Kier molecular flexibility index (Phi) is 4.72. The van der Waals surface area contributed by atoms with Gasteiger partial charge in [0.15, 0.2) is 0 Å². The minimum atomic E-state index is -4.85. The molecule has 0 bridgehead atoms. The molecule has 2 aliphatic heterocycles. The Morgan fingerprint density at radius 3 is 1.13 bits per heavy atom. The summed E-state index contributed by atoms with van der Waals surface area (Å²) in [5.41, 5.74) is -0.553. The van der Waals surface area contributed by atoms with Gasteiger partial charge < -0.3 is 9.47 Å². The topological polar surface area (TPSA) is 195 Å². The lowest BCUT2D eigenvalue weighted by molar-refractivity contribution is 0.0373. The fourth-order valence-electron chi connectivity index (χ4n) is 4.73. The Morgan fingerprint density at radius 1 is 0.474 bits per heavy atom. The van der Waals surface area contributed by atoms with Gasteiger partial charge in [-0.05, 0) is 58.3 Å². The summed E-state index contributed by atoms with van der Waals surface area (Å²) in [5, 5.41) is -0.0304. The van der Waals surface area contributed by atoms with Crippen molar-refractivity contribution in [1.82, 2.24) is 0 Å². The Hall–Kier alpha value is -4.50. The summed E-state index contributed by atoms with van der Waals surface area (Å²) in [7, 11) is -9.71. The van der Waals surface area contributed by atoms with Gasteiger partial charge in [0.25, 0.3) is 20.2 Å². The number of ether oxygens (including phenoxy) is 2. The first-order valence-corrected chi connectivity index (χ1v) is 13.3. The number of hydrogen-bond donors (Lipinski definition) is 2. The normalized spacial score (nSPS) is 15.1. The first-order valence-electron chi connectivity index (χ1n) is 10.5. The largest absolute Gasteiger partial charge is 0.386 e. The predicted molar refractivity (Wildman–Crippen MR) is 126 cm³/mol. The molecule has 0 atom stereocenters. The van der Waals surface area contributed by atoms with Crippen LogP contribution < -0.4 is 0 Å². The molecule has 0 aliphatic carbocycles. The van der Waals surface area contributed by atoms with E-state index in [1.807, 2.05) is 0 Å². The van der Waals surface area contributed by atoms with Gasteiger partial charge in [-0.25, -0.2) is 19.2 Å². The number of cyclic esters (lactones) is 4. The molecule has 0 aromatic heterocycles. The van der Waals surface area contributed by atoms with Crippen LogP contribution in [0, 0.1) is 0 Å². The molecule has 38 heavy (non-hydrogen) atoms. The molecule has 0 saturated carbocycles. The monoisotopic (exact) mass is 554 g/mol. The van der Waals surface area contributed by atoms with Crippen LogP contribution in [0.2, 0.25) is 0 Å². The van der Waals surface area contributed by atoms with E-state index >= 15 is 0 Å². The minimum absolute atomic E-state index is 0.00196. The Bertz CT molecular complexity index is 1940. The summed E-state index contributed by atoms with van der Waals surface area (Å²) in [4.78, 5) is 48.4. The standard InChI is InChI=1S/C24H10O12S2/c25-21-13-3-1-11(15-5-9(37(29,30)31)7-17(19(13)15)23(27)35-21)12-2-4-14-20-16(12)6-10(38(32,33)34)8-18(20)24(28)36-22(14)26/h1-8H,(H,29,30,31)(H,32,33,34). The van der Waals surface area contributed by atoms with Crippen molar-refractivity contribution < 1.29 is 54.6 Å². The van der Waals surface area contributed by atoms with Gasteiger partial charge >= 0.3 is 23.9 Å². The molecular formula is C24H10O12S2. The lowest BCUT2D eigenvalue weighted by atomic mass is 9.87. The highest BCUT2D eigenvalue weighted by molar-refractivity contribution is 7.86. The van der Waals surface area contributed by atoms with Crippen molar-refractivity contribution in [1.29, 1.82) is 0 Å². The van der Waals surface area contributed by atoms with Crippen molar-refractivity contribution in [3.05, 3.63) is 70.8 Å². The van der Waals surface area contributed by atoms with E-state index in [4.69, 9.17) is 0 Å². The maximum atomic E-state index is 12.5. The molecule has 0 spiro atoms. The highest BCUT2D eigenvalue weighted by atomic mass is 32.2. The van der Waals surface area contributed by atoms with Gasteiger partial charge in [-0.1, -0.05) is 12.1 Å². The summed E-state index contributed by atoms with van der Waals surface area (Å²) < 4.78 is 76.7. The second-order valence-electron chi connectivity index (χ2n) is 8.41. The van der Waals surface area contributed by atoms with Crippen molar-refractivity contribution in [2.75, 3.05) is 0 Å². The summed E-state index contributed by atoms with van der Waals surface area (Å²) in [5.74, 6) is -4.32. The zero-order chi connectivity index (χ0) is 27.3. The van der Waals surface area contributed by atoms with Gasteiger partial charge in [-0.3, -0.25) is 9.11 Å². The van der Waals surface area contributed by atoms with E-state index in [-0.39, 0.29) is 54.9 Å². The Balaban J connectivity index is 1.82. The fourth-order valence-corrected chi connectivity index (χ4v) is 5.80. The lowest BCUT2D eigenvalue weighted by Crippen LogP contribution is -2.21. The molecule has 2 aliphatic rings. The molecule has 0 radical (unpaired) electrons. The van der Waals surface area contributed by atoms with Crippen molar-refractivity contribution >= 4 is 65.7 Å². The summed E-state index contributed by atoms with van der Waals surface area (Å²) in [6, 6.07) is 9.02. The fraction of sp³-hybridized carbons (Fsp3) is 0. The quantitative estimate of drug-likeness (QED) is 0.214. The smallest absolute Gasteiger partial charge is 0.346 e. The van der Waals surface area contributed by atoms with E-state index in [2.05, 4.69) is 9.47 Å². The number of esters is 4. The zero-order valence-electron chi connectivity index (χ0n) is 18.4. The number of hydrogen-bond acceptors (Lipinski definition) is 10. The van der Waals surface area contributed by atoms with E-state index in [0.717, 1.165) is 24.3 Å². The van der Waals surface area contributed by atoms with Crippen LogP contribution in [0.1, 0.15) is 41.4 Å². The highest BCUT2D eigenvalue weighted by Crippen LogP contribution is 2.42. The lowest BCUT2D eigenvalue weighted by Gasteiger charge is -2.21. The molecule has 14 heteroatoms. The van der Waals surface area contributed by atoms with Crippen molar-refractivity contribution in [3.8, 4) is 11.1 Å². The minimum Gasteiger partial charge on any atom is -0.386 e. The van der Waals surface area contributed by atoms with Gasteiger partial charge in [-0.15, -0.1) is 0 Å². The Morgan fingerprint density at radius 2 is 0.789 bits per heavy atom. The van der Waals surface area contributed by atoms with Gasteiger partial charge in [0.2, 0.25) is 0 Å². The zero-order valence-corrected chi connectivity index (χ0v) is 20.0. The molecule has 0 saturated heterocycles. The van der Waals surface area contributed by atoms with Crippen LogP contribution in [-0.2, 0) is 29.7 Å². The maximum absolute atomic E-state index is 12.5. The molecule has 4 aromatic rings. The molecule has 0 fully saturated rings. The number of carbonyl (C=O) groups excluding carboxylic acids is 4. The van der Waals surface area contributed by atoms with Gasteiger partial charge in [0.05, 0.1) is 32.0 Å². The second-order valence-corrected chi connectivity index (χ2v) is 11.3. The summed E-state index contributed by atoms with van der Waals surface area (Å²) >= 11 is 0. The molecule has 4 aromatic carbocycles. The third-order valence-corrected chi connectivity index (χ3v) is 7.98. The SMILES string of the molecule is O=C1OC(=O)c2cc(S(=O)(=O)O)cc3c(-c4ccc5c6c(cc(S(=O)(=O)O)cc46)C(=O)OC5=O)ccc1c23. The van der Waals surface area contributed by atoms with E-state index in [9.17, 15) is 45.1 Å². The predicted octanol–water partition coefficient (Wildman–Crippen LogP) is 2.77. The van der Waals surface area contributed by atoms with E-state index in [1.54, 1.807) is 0 Å². The van der Waals surface area contributed by atoms with Gasteiger partial charge in [0, 0.05) is 10.8 Å². The van der Waals surface area contributed by atoms with Crippen LogP contribution in [-0.4, -0.2) is 49.8 Å². The number of carbonyl (C=O) groups is 4. The third-order valence-electron chi connectivity index (χ3n) is 6.31. The van der Waals surface area contributed by atoms with Gasteiger partial charge in [-0.2, -0.15) is 16.8 Å². The van der Waals surface area contributed by atoms with E-state index < -0.39 is 53.9 Å². The van der Waals surface area contributed by atoms with Gasteiger partial charge in [0.1, 0.15) is 0 Å². The first kappa shape index (κ1) is 23.9. The molecule has 12 nitrogen and oxygen atoms in total. The van der Waals surface area contributed by atoms with Crippen LogP contribution in [0.15, 0.2) is 58.3 Å². The molecule has 0 amide bonds. The second kappa shape index (κ2) is 7.52. The van der Waals surface area contributed by atoms with Crippen molar-refractivity contribution in [3.63, 3.8) is 0 Å². The Labute approximate surface area is 211 Å². The molecule has 2 N–H and O–H groups in total. The van der Waals surface area contributed by atoms with Crippen LogP contribution in [0.25, 0.3) is 32.7 Å². The van der Waals surface area contributed by atoms with Crippen molar-refractivity contribution in [2.45, 2.75) is 9.79 Å². The molecule has 6 rings (SSSR count). The molecule has 190 valence electrons. The average molecular weight is 554 g/mol. The van der Waals surface area contributed by atoms with Crippen molar-refractivity contribution in [2.24, 2.45) is 0 Å². The molecule has 2 heterocycles. The van der Waals surface area contributed by atoms with Crippen LogP contribution in [0.4, 0.5) is 0 Å². The summed E-state index contributed by atoms with van der Waals surface area (Å²) in [6.45, 7) is 0. The first-order chi connectivity index (χ1) is 17.8. The van der Waals surface area contributed by atoms with E-state index in [0.29, 0.717) is 0 Å². The maximum Gasteiger partial charge on any atom is 0.346 e. The van der Waals surface area contributed by atoms with Crippen LogP contribution in [0.5, 0.6) is 0 Å². The number of rotatable bonds is 3. The average Bonchev–Trinajstić information content (AvgIpc) is 2.83. The van der Waals surface area contributed by atoms with Crippen LogP contribution >= 0.6 is 0 Å². The molecule has 0 unspecified atom stereocenters. The highest BCUT2D eigenvalue weighted by Gasteiger charge is 2.33. The third kappa shape index (κ3) is 3.35. The summed E-state index contributed by atoms with van der Waals surface area (Å²) in [6.07, 6.45) is 0. The molecular weight excluding hydrogens is 544 g/mol.